The van der Waals surface area contributed by atoms with Gasteiger partial charge in [-0.15, -0.1) is 0 Å². The summed E-state index contributed by atoms with van der Waals surface area (Å²) >= 11 is 0. The number of hydrogen-bond acceptors (Lipinski definition) is 5. The van der Waals surface area contributed by atoms with E-state index in [2.05, 4.69) is 17.4 Å². The topological polar surface area (TPSA) is 105 Å². The highest BCUT2D eigenvalue weighted by Crippen LogP contribution is 2.44. The van der Waals surface area contributed by atoms with Gasteiger partial charge in [-0.1, -0.05) is 48.5 Å². The van der Waals surface area contributed by atoms with Crippen molar-refractivity contribution in [3.05, 3.63) is 59.7 Å². The predicted octanol–water partition coefficient (Wildman–Crippen LogP) is 2.62. The zero-order valence-corrected chi connectivity index (χ0v) is 17.8. The number of fused-ring (bicyclic) bond motifs is 3. The molecule has 0 bridgehead atoms. The molecule has 2 amide bonds. The van der Waals surface area contributed by atoms with Crippen LogP contribution in [-0.4, -0.2) is 66.4 Å². The maximum Gasteiger partial charge on any atom is 0.407 e. The summed E-state index contributed by atoms with van der Waals surface area (Å²) in [6.45, 7) is 2.50. The van der Waals surface area contributed by atoms with Crippen LogP contribution in [0.5, 0.6) is 0 Å². The van der Waals surface area contributed by atoms with Crippen molar-refractivity contribution < 1.29 is 29.0 Å². The van der Waals surface area contributed by atoms with Crippen molar-refractivity contribution in [2.45, 2.75) is 31.3 Å². The number of nitrogens with zero attached hydrogens (tertiary/aromatic N) is 1. The number of benzene rings is 2. The van der Waals surface area contributed by atoms with Crippen molar-refractivity contribution in [1.82, 2.24) is 10.2 Å². The van der Waals surface area contributed by atoms with Crippen LogP contribution in [0.2, 0.25) is 0 Å². The zero-order valence-electron chi connectivity index (χ0n) is 17.8. The molecular formula is C24H26N2O6. The maximum atomic E-state index is 12.8. The number of aliphatic carboxylic acids is 1. The van der Waals surface area contributed by atoms with Crippen molar-refractivity contribution >= 4 is 18.0 Å². The molecular weight excluding hydrogens is 412 g/mol. The zero-order chi connectivity index (χ0) is 22.7. The van der Waals surface area contributed by atoms with Gasteiger partial charge in [0.15, 0.2) is 0 Å². The lowest BCUT2D eigenvalue weighted by Crippen LogP contribution is -2.55. The largest absolute Gasteiger partial charge is 0.481 e. The summed E-state index contributed by atoms with van der Waals surface area (Å²) < 4.78 is 10.8. The number of hydrogen-bond donors (Lipinski definition) is 2. The quantitative estimate of drug-likeness (QED) is 0.718. The standard InChI is InChI=1S/C24H26N2O6/c1-15(23(29)26-10-11-31-13-16(26)12-22(27)28)25-24(30)32-14-21-19-8-4-2-6-17(19)18-7-3-5-9-20(18)21/h2-9,15-16,21H,10-14H2,1H3,(H,25,30)(H,27,28)/t15-,16?/m1/s1. The smallest absolute Gasteiger partial charge is 0.407 e. The molecule has 0 radical (unpaired) electrons. The number of morpholine rings is 1. The van der Waals surface area contributed by atoms with Crippen LogP contribution in [0.4, 0.5) is 4.79 Å². The number of alkyl carbamates (subject to hydrolysis) is 1. The van der Waals surface area contributed by atoms with Gasteiger partial charge in [-0.3, -0.25) is 9.59 Å². The number of rotatable bonds is 6. The summed E-state index contributed by atoms with van der Waals surface area (Å²) in [7, 11) is 0. The molecule has 8 heteroatoms. The van der Waals surface area contributed by atoms with Gasteiger partial charge in [-0.2, -0.15) is 0 Å². The van der Waals surface area contributed by atoms with Gasteiger partial charge >= 0.3 is 12.1 Å². The molecule has 1 aliphatic heterocycles. The van der Waals surface area contributed by atoms with Gasteiger partial charge in [0.2, 0.25) is 5.91 Å². The van der Waals surface area contributed by atoms with Crippen LogP contribution < -0.4 is 5.32 Å². The second-order valence-electron chi connectivity index (χ2n) is 8.05. The van der Waals surface area contributed by atoms with E-state index in [1.54, 1.807) is 6.92 Å². The van der Waals surface area contributed by atoms with Crippen LogP contribution in [0.3, 0.4) is 0 Å². The van der Waals surface area contributed by atoms with Crippen molar-refractivity contribution in [3.8, 4) is 11.1 Å². The Morgan fingerprint density at radius 3 is 2.38 bits per heavy atom. The summed E-state index contributed by atoms with van der Waals surface area (Å²) in [6, 6.07) is 14.7. The molecule has 0 aromatic heterocycles. The average molecular weight is 438 g/mol. The highest BCUT2D eigenvalue weighted by molar-refractivity contribution is 5.86. The number of amides is 2. The fourth-order valence-corrected chi connectivity index (χ4v) is 4.44. The van der Waals surface area contributed by atoms with E-state index in [-0.39, 0.29) is 38.0 Å². The van der Waals surface area contributed by atoms with Gasteiger partial charge in [-0.05, 0) is 29.2 Å². The normalized spacial score (nSPS) is 18.4. The molecule has 4 rings (SSSR count). The molecule has 2 aromatic rings. The van der Waals surface area contributed by atoms with Gasteiger partial charge in [0, 0.05) is 12.5 Å². The number of carboxylic acid groups (broad SMARTS) is 1. The van der Waals surface area contributed by atoms with Gasteiger partial charge in [0.1, 0.15) is 12.6 Å². The molecule has 32 heavy (non-hydrogen) atoms. The fourth-order valence-electron chi connectivity index (χ4n) is 4.44. The lowest BCUT2D eigenvalue weighted by atomic mass is 9.98. The summed E-state index contributed by atoms with van der Waals surface area (Å²) in [5.74, 6) is -1.43. The van der Waals surface area contributed by atoms with Crippen molar-refractivity contribution in [2.24, 2.45) is 0 Å². The highest BCUT2D eigenvalue weighted by atomic mass is 16.5. The van der Waals surface area contributed by atoms with Gasteiger partial charge in [0.25, 0.3) is 0 Å². The number of carboxylic acids is 1. The van der Waals surface area contributed by atoms with Gasteiger partial charge in [-0.25, -0.2) is 4.79 Å². The Morgan fingerprint density at radius 2 is 1.75 bits per heavy atom. The molecule has 2 aliphatic rings. The number of ether oxygens (including phenoxy) is 2. The molecule has 1 aliphatic carbocycles. The minimum atomic E-state index is -1.00. The van der Waals surface area contributed by atoms with E-state index in [0.29, 0.717) is 6.61 Å². The number of carbonyl (C=O) groups excluding carboxylic acids is 2. The summed E-state index contributed by atoms with van der Waals surface area (Å²) in [5, 5.41) is 11.7. The third-order valence-electron chi connectivity index (χ3n) is 5.97. The Labute approximate surface area is 186 Å². The minimum Gasteiger partial charge on any atom is -0.481 e. The SMILES string of the molecule is C[C@@H](NC(=O)OCC1c2ccccc2-c2ccccc21)C(=O)N1CCOCC1CC(=O)O. The molecule has 2 N–H and O–H groups in total. The summed E-state index contributed by atoms with van der Waals surface area (Å²) in [6.07, 6.45) is -0.889. The van der Waals surface area contributed by atoms with E-state index in [1.165, 1.54) is 4.90 Å². The van der Waals surface area contributed by atoms with Crippen molar-refractivity contribution in [3.63, 3.8) is 0 Å². The second kappa shape index (κ2) is 9.40. The first kappa shape index (κ1) is 21.8. The maximum absolute atomic E-state index is 12.8. The van der Waals surface area contributed by atoms with Crippen molar-refractivity contribution in [2.75, 3.05) is 26.4 Å². The Bertz CT molecular complexity index is 978. The number of nitrogens with one attached hydrogen (secondary N) is 1. The second-order valence-corrected chi connectivity index (χ2v) is 8.05. The lowest BCUT2D eigenvalue weighted by molar-refractivity contribution is -0.147. The molecule has 8 nitrogen and oxygen atoms in total. The summed E-state index contributed by atoms with van der Waals surface area (Å²) in [5.41, 5.74) is 4.49. The Balaban J connectivity index is 1.37. The molecule has 0 saturated carbocycles. The first-order chi connectivity index (χ1) is 15.5. The monoisotopic (exact) mass is 438 g/mol. The van der Waals surface area contributed by atoms with E-state index >= 15 is 0 Å². The van der Waals surface area contributed by atoms with Crippen molar-refractivity contribution in [1.29, 1.82) is 0 Å². The van der Waals surface area contributed by atoms with Crippen LogP contribution >= 0.6 is 0 Å². The summed E-state index contributed by atoms with van der Waals surface area (Å²) in [4.78, 5) is 37.8. The molecule has 1 saturated heterocycles. The molecule has 2 atom stereocenters. The van der Waals surface area contributed by atoms with E-state index in [4.69, 9.17) is 14.6 Å². The third-order valence-corrected chi connectivity index (χ3v) is 5.97. The molecule has 168 valence electrons. The first-order valence-electron chi connectivity index (χ1n) is 10.7. The molecule has 1 unspecified atom stereocenters. The Kier molecular flexibility index (Phi) is 6.41. The first-order valence-corrected chi connectivity index (χ1v) is 10.7. The highest BCUT2D eigenvalue weighted by Gasteiger charge is 2.33. The predicted molar refractivity (Wildman–Crippen MR) is 116 cm³/mol. The minimum absolute atomic E-state index is 0.0710. The van der Waals surface area contributed by atoms with E-state index in [9.17, 15) is 14.4 Å². The Hall–Kier alpha value is -3.39. The van der Waals surface area contributed by atoms with Crippen LogP contribution in [0.1, 0.15) is 30.4 Å². The van der Waals surface area contributed by atoms with E-state index in [0.717, 1.165) is 22.3 Å². The Morgan fingerprint density at radius 1 is 1.12 bits per heavy atom. The average Bonchev–Trinajstić information content (AvgIpc) is 3.11. The molecule has 1 fully saturated rings. The molecule has 0 spiro atoms. The van der Waals surface area contributed by atoms with Gasteiger partial charge < -0.3 is 24.8 Å². The molecule has 1 heterocycles. The van der Waals surface area contributed by atoms with E-state index < -0.39 is 24.1 Å². The fraction of sp³-hybridized carbons (Fsp3) is 0.375. The lowest BCUT2D eigenvalue weighted by Gasteiger charge is -2.36. The van der Waals surface area contributed by atoms with Crippen LogP contribution in [0.15, 0.2) is 48.5 Å². The number of carbonyl (C=O) groups is 3. The third kappa shape index (κ3) is 4.45. The molecule has 2 aromatic carbocycles. The van der Waals surface area contributed by atoms with Crippen LogP contribution in [0.25, 0.3) is 11.1 Å². The van der Waals surface area contributed by atoms with Crippen LogP contribution in [0, 0.1) is 0 Å². The van der Waals surface area contributed by atoms with Gasteiger partial charge in [0.05, 0.1) is 25.7 Å². The van der Waals surface area contributed by atoms with Crippen LogP contribution in [-0.2, 0) is 19.1 Å². The van der Waals surface area contributed by atoms with E-state index in [1.807, 2.05) is 36.4 Å².